The molecule has 0 saturated heterocycles. The number of hydrogen-bond acceptors (Lipinski definition) is 1. The Morgan fingerprint density at radius 2 is 1.83 bits per heavy atom. The zero-order valence-electron chi connectivity index (χ0n) is 11.4. The third-order valence-electron chi connectivity index (χ3n) is 2.38. The molecule has 1 aromatic rings. The molecule has 0 radical (unpaired) electrons. The Kier molecular flexibility index (Phi) is 5.15. The van der Waals surface area contributed by atoms with Gasteiger partial charge in [-0.25, -0.2) is 0 Å². The van der Waals surface area contributed by atoms with Crippen LogP contribution >= 0.6 is 15.9 Å². The predicted octanol–water partition coefficient (Wildman–Crippen LogP) is 4.11. The number of benzene rings is 1. The van der Waals surface area contributed by atoms with Crippen molar-refractivity contribution in [3.05, 3.63) is 47.7 Å². The Labute approximate surface area is 118 Å². The highest BCUT2D eigenvalue weighted by molar-refractivity contribution is 9.10. The molecule has 0 aromatic heterocycles. The largest absolute Gasteiger partial charge is 0.314 e. The van der Waals surface area contributed by atoms with E-state index in [1.807, 2.05) is 64.2 Å². The van der Waals surface area contributed by atoms with E-state index in [-0.39, 0.29) is 5.91 Å². The fourth-order valence-corrected chi connectivity index (χ4v) is 1.84. The third-order valence-corrected chi connectivity index (χ3v) is 2.72. The van der Waals surface area contributed by atoms with Gasteiger partial charge < -0.3 is 4.90 Å². The topological polar surface area (TPSA) is 20.3 Å². The van der Waals surface area contributed by atoms with Gasteiger partial charge in [-0.1, -0.05) is 51.8 Å². The van der Waals surface area contributed by atoms with Gasteiger partial charge in [-0.3, -0.25) is 4.79 Å². The van der Waals surface area contributed by atoms with Crippen LogP contribution < -0.4 is 0 Å². The van der Waals surface area contributed by atoms with E-state index in [1.165, 1.54) is 0 Å². The van der Waals surface area contributed by atoms with Gasteiger partial charge >= 0.3 is 0 Å². The molecule has 3 heteroatoms. The lowest BCUT2D eigenvalue weighted by Crippen LogP contribution is -2.38. The van der Waals surface area contributed by atoms with Crippen LogP contribution in [0.4, 0.5) is 0 Å². The van der Waals surface area contributed by atoms with Crippen LogP contribution in [-0.2, 0) is 11.3 Å². The molecule has 0 aliphatic carbocycles. The normalized spacial score (nSPS) is 10.9. The maximum atomic E-state index is 12.3. The molecule has 0 saturated carbocycles. The van der Waals surface area contributed by atoms with Crippen molar-refractivity contribution in [1.29, 1.82) is 0 Å². The van der Waals surface area contributed by atoms with Crippen LogP contribution in [0.2, 0.25) is 0 Å². The fourth-order valence-electron chi connectivity index (χ4n) is 1.61. The number of rotatable bonds is 4. The molecule has 18 heavy (non-hydrogen) atoms. The molecule has 0 atom stereocenters. The van der Waals surface area contributed by atoms with Gasteiger partial charge in [0.25, 0.3) is 0 Å². The van der Waals surface area contributed by atoms with Crippen LogP contribution in [0.1, 0.15) is 33.3 Å². The summed E-state index contributed by atoms with van der Waals surface area (Å²) in [6, 6.07) is 10.0. The Morgan fingerprint density at radius 1 is 1.28 bits per heavy atom. The molecule has 1 amide bonds. The number of alkyl halides is 1. The standard InChI is InChI=1S/C15H20BrNO/c1-12(2)10-17(14(18)15(3,4)16)11-13-8-6-5-7-9-13/h5-10H,11H2,1-4H3. The summed E-state index contributed by atoms with van der Waals surface area (Å²) in [6.45, 7) is 8.32. The molecule has 0 spiro atoms. The van der Waals surface area contributed by atoms with Crippen molar-refractivity contribution in [1.82, 2.24) is 4.90 Å². The van der Waals surface area contributed by atoms with Gasteiger partial charge in [0.1, 0.15) is 0 Å². The van der Waals surface area contributed by atoms with E-state index in [4.69, 9.17) is 0 Å². The van der Waals surface area contributed by atoms with Gasteiger partial charge in [-0.2, -0.15) is 0 Å². The van der Waals surface area contributed by atoms with Crippen molar-refractivity contribution >= 4 is 21.8 Å². The second-order valence-corrected chi connectivity index (χ2v) is 7.08. The zero-order valence-corrected chi connectivity index (χ0v) is 13.0. The van der Waals surface area contributed by atoms with Crippen molar-refractivity contribution in [3.8, 4) is 0 Å². The number of carbonyl (C=O) groups excluding carboxylic acids is 1. The number of hydrogen-bond donors (Lipinski definition) is 0. The van der Waals surface area contributed by atoms with Gasteiger partial charge in [0.05, 0.1) is 10.9 Å². The molecule has 0 aliphatic rings. The lowest BCUT2D eigenvalue weighted by Gasteiger charge is -2.26. The van der Waals surface area contributed by atoms with E-state index < -0.39 is 4.32 Å². The number of carbonyl (C=O) groups is 1. The summed E-state index contributed by atoms with van der Waals surface area (Å²) in [6.07, 6.45) is 1.90. The predicted molar refractivity (Wildman–Crippen MR) is 79.4 cm³/mol. The van der Waals surface area contributed by atoms with Crippen LogP contribution in [0, 0.1) is 0 Å². The summed E-state index contributed by atoms with van der Waals surface area (Å²) in [7, 11) is 0. The fraction of sp³-hybridized carbons (Fsp3) is 0.400. The number of halogens is 1. The van der Waals surface area contributed by atoms with Crippen molar-refractivity contribution < 1.29 is 4.79 Å². The molecular formula is C15H20BrNO. The van der Waals surface area contributed by atoms with Gasteiger partial charge in [0, 0.05) is 6.20 Å². The van der Waals surface area contributed by atoms with Crippen LogP contribution in [0.5, 0.6) is 0 Å². The molecule has 2 nitrogen and oxygen atoms in total. The highest BCUT2D eigenvalue weighted by Gasteiger charge is 2.28. The summed E-state index contributed by atoms with van der Waals surface area (Å²) in [5, 5.41) is 0. The molecule has 0 aliphatic heterocycles. The first-order chi connectivity index (χ1) is 8.30. The minimum absolute atomic E-state index is 0.0625. The Bertz CT molecular complexity index is 428. The second-order valence-electron chi connectivity index (χ2n) is 5.10. The Hall–Kier alpha value is -1.09. The number of allylic oxidation sites excluding steroid dienone is 1. The Balaban J connectivity index is 2.94. The monoisotopic (exact) mass is 309 g/mol. The van der Waals surface area contributed by atoms with Gasteiger partial charge in [-0.15, -0.1) is 0 Å². The average molecular weight is 310 g/mol. The van der Waals surface area contributed by atoms with Crippen molar-refractivity contribution in [2.45, 2.75) is 38.6 Å². The van der Waals surface area contributed by atoms with E-state index >= 15 is 0 Å². The first-order valence-corrected chi connectivity index (χ1v) is 6.79. The van der Waals surface area contributed by atoms with Crippen LogP contribution in [0.25, 0.3) is 0 Å². The first kappa shape index (κ1) is 15.0. The van der Waals surface area contributed by atoms with Crippen LogP contribution in [-0.4, -0.2) is 15.1 Å². The van der Waals surface area contributed by atoms with Gasteiger partial charge in [0.2, 0.25) is 5.91 Å². The highest BCUT2D eigenvalue weighted by Crippen LogP contribution is 2.21. The molecular weight excluding hydrogens is 290 g/mol. The summed E-state index contributed by atoms with van der Waals surface area (Å²) in [4.78, 5) is 14.1. The quantitative estimate of drug-likeness (QED) is 0.766. The van der Waals surface area contributed by atoms with Crippen LogP contribution in [0.3, 0.4) is 0 Å². The molecule has 0 fully saturated rings. The highest BCUT2D eigenvalue weighted by atomic mass is 79.9. The van der Waals surface area contributed by atoms with Crippen molar-refractivity contribution in [2.24, 2.45) is 0 Å². The van der Waals surface area contributed by atoms with Gasteiger partial charge in [-0.05, 0) is 33.3 Å². The minimum atomic E-state index is -0.548. The third kappa shape index (κ3) is 4.65. The molecule has 0 heterocycles. The second kappa shape index (κ2) is 6.19. The Morgan fingerprint density at radius 3 is 2.28 bits per heavy atom. The smallest absolute Gasteiger partial charge is 0.243 e. The molecule has 0 unspecified atom stereocenters. The maximum absolute atomic E-state index is 12.3. The summed E-state index contributed by atoms with van der Waals surface area (Å²) < 4.78 is -0.548. The first-order valence-electron chi connectivity index (χ1n) is 5.99. The average Bonchev–Trinajstić information content (AvgIpc) is 2.26. The lowest BCUT2D eigenvalue weighted by molar-refractivity contribution is -0.130. The number of amides is 1. The summed E-state index contributed by atoms with van der Waals surface area (Å²) in [5.41, 5.74) is 2.23. The lowest BCUT2D eigenvalue weighted by atomic mass is 10.1. The van der Waals surface area contributed by atoms with Crippen LogP contribution in [0.15, 0.2) is 42.1 Å². The van der Waals surface area contributed by atoms with E-state index in [9.17, 15) is 4.79 Å². The maximum Gasteiger partial charge on any atom is 0.243 e. The van der Waals surface area contributed by atoms with Crippen molar-refractivity contribution in [2.75, 3.05) is 0 Å². The minimum Gasteiger partial charge on any atom is -0.314 e. The summed E-state index contributed by atoms with van der Waals surface area (Å²) in [5.74, 6) is 0.0625. The SMILES string of the molecule is CC(C)=CN(Cc1ccccc1)C(=O)C(C)(C)Br. The summed E-state index contributed by atoms with van der Waals surface area (Å²) >= 11 is 3.43. The van der Waals surface area contributed by atoms with E-state index in [1.54, 1.807) is 4.90 Å². The zero-order chi connectivity index (χ0) is 13.8. The van der Waals surface area contributed by atoms with Gasteiger partial charge in [0.15, 0.2) is 0 Å². The van der Waals surface area contributed by atoms with E-state index in [2.05, 4.69) is 15.9 Å². The molecule has 0 bridgehead atoms. The molecule has 1 rings (SSSR count). The molecule has 0 N–H and O–H groups in total. The van der Waals surface area contributed by atoms with Crippen molar-refractivity contribution in [3.63, 3.8) is 0 Å². The molecule has 1 aromatic carbocycles. The van der Waals surface area contributed by atoms with E-state index in [0.29, 0.717) is 6.54 Å². The molecule has 98 valence electrons. The van der Waals surface area contributed by atoms with E-state index in [0.717, 1.165) is 11.1 Å². The number of nitrogens with zero attached hydrogens (tertiary/aromatic N) is 1.